The van der Waals surface area contributed by atoms with Crippen LogP contribution in [-0.2, 0) is 24.6 Å². The van der Waals surface area contributed by atoms with E-state index in [9.17, 15) is 27.7 Å². The molecule has 0 saturated carbocycles. The van der Waals surface area contributed by atoms with Gasteiger partial charge in [0.1, 0.15) is 6.17 Å². The van der Waals surface area contributed by atoms with Gasteiger partial charge < -0.3 is 19.5 Å². The second kappa shape index (κ2) is 9.00. The van der Waals surface area contributed by atoms with Gasteiger partial charge in [0, 0.05) is 51.6 Å². The van der Waals surface area contributed by atoms with Crippen LogP contribution in [0.2, 0.25) is 0 Å². The van der Waals surface area contributed by atoms with E-state index < -0.39 is 28.9 Å². The molecule has 1 aliphatic rings. The first kappa shape index (κ1) is 23.6. The van der Waals surface area contributed by atoms with Gasteiger partial charge in [-0.1, -0.05) is 0 Å². The van der Waals surface area contributed by atoms with E-state index in [2.05, 4.69) is 20.3 Å². The lowest BCUT2D eigenvalue weighted by atomic mass is 10.0. The molecule has 1 fully saturated rings. The van der Waals surface area contributed by atoms with Crippen molar-refractivity contribution in [3.05, 3.63) is 45.8 Å². The molecule has 14 heteroatoms. The summed E-state index contributed by atoms with van der Waals surface area (Å²) in [5, 5.41) is 14.3. The summed E-state index contributed by atoms with van der Waals surface area (Å²) in [5.41, 5.74) is 0.272. The number of piperidine rings is 1. The molecule has 1 saturated heterocycles. The summed E-state index contributed by atoms with van der Waals surface area (Å²) in [6.07, 6.45) is -4.37. The Hall–Kier alpha value is -3.55. The van der Waals surface area contributed by atoms with Gasteiger partial charge in [0.15, 0.2) is 0 Å². The number of halogens is 4. The SMILES string of the molecule is COCc1cc2c(cc1[N+](=O)[O-])nc(N1C[C@H](F)C[C@@H](Nc3ncc(C(F)(F)F)cn3)C1)n2C. The Morgan fingerprint density at radius 2 is 1.97 bits per heavy atom. The summed E-state index contributed by atoms with van der Waals surface area (Å²) in [7, 11) is 3.15. The van der Waals surface area contributed by atoms with Crippen LogP contribution < -0.4 is 10.2 Å². The van der Waals surface area contributed by atoms with Crippen LogP contribution in [0.4, 0.5) is 35.1 Å². The standard InChI is InChI=1S/C20H21F4N7O3/c1-29-17-3-11(10-34-2)16(31(32)33)5-15(17)28-19(29)30-8-13(21)4-14(9-30)27-18-25-6-12(7-26-18)20(22,23)24/h3,5-7,13-14H,4,8-10H2,1-2H3,(H,25,26,27)/t13-,14-/m1/s1. The predicted octanol–water partition coefficient (Wildman–Crippen LogP) is 3.47. The Morgan fingerprint density at radius 3 is 2.59 bits per heavy atom. The molecule has 4 rings (SSSR count). The Balaban J connectivity index is 1.59. The fraction of sp³-hybridized carbons (Fsp3) is 0.450. The number of rotatable bonds is 6. The fourth-order valence-electron chi connectivity index (χ4n) is 4.02. The first-order chi connectivity index (χ1) is 16.1. The van der Waals surface area contributed by atoms with Crippen LogP contribution in [0.5, 0.6) is 0 Å². The van der Waals surface area contributed by atoms with Gasteiger partial charge in [0.2, 0.25) is 11.9 Å². The summed E-state index contributed by atoms with van der Waals surface area (Å²) in [6, 6.07) is 2.48. The van der Waals surface area contributed by atoms with Crippen LogP contribution >= 0.6 is 0 Å². The second-order valence-corrected chi connectivity index (χ2v) is 8.00. The zero-order valence-corrected chi connectivity index (χ0v) is 18.2. The van der Waals surface area contributed by atoms with Crippen molar-refractivity contribution in [1.82, 2.24) is 19.5 Å². The van der Waals surface area contributed by atoms with E-state index in [-0.39, 0.29) is 37.8 Å². The molecule has 34 heavy (non-hydrogen) atoms. The summed E-state index contributed by atoms with van der Waals surface area (Å²) in [5.74, 6) is 0.359. The molecule has 0 amide bonds. The highest BCUT2D eigenvalue weighted by Crippen LogP contribution is 2.31. The van der Waals surface area contributed by atoms with E-state index in [0.29, 0.717) is 34.9 Å². The van der Waals surface area contributed by atoms with Crippen LogP contribution in [0.25, 0.3) is 11.0 Å². The molecule has 3 aromatic rings. The summed E-state index contributed by atoms with van der Waals surface area (Å²) in [4.78, 5) is 24.5. The van der Waals surface area contributed by atoms with Crippen LogP contribution in [0.15, 0.2) is 24.5 Å². The molecule has 2 atom stereocenters. The number of nitrogens with one attached hydrogen (secondary N) is 1. The number of hydrogen-bond acceptors (Lipinski definition) is 8. The van der Waals surface area contributed by atoms with E-state index in [1.54, 1.807) is 22.6 Å². The number of fused-ring (bicyclic) bond motifs is 1. The highest BCUT2D eigenvalue weighted by molar-refractivity contribution is 5.82. The fourth-order valence-corrected chi connectivity index (χ4v) is 4.02. The number of aryl methyl sites for hydroxylation is 1. The van der Waals surface area contributed by atoms with Gasteiger partial charge in [-0.15, -0.1) is 0 Å². The summed E-state index contributed by atoms with van der Waals surface area (Å²) < 4.78 is 59.5. The van der Waals surface area contributed by atoms with Crippen LogP contribution in [0.3, 0.4) is 0 Å². The number of methoxy groups -OCH3 is 1. The van der Waals surface area contributed by atoms with Crippen molar-refractivity contribution in [2.75, 3.05) is 30.4 Å². The number of ether oxygens (including phenoxy) is 1. The molecule has 10 nitrogen and oxygen atoms in total. The maximum absolute atomic E-state index is 14.6. The van der Waals surface area contributed by atoms with Crippen molar-refractivity contribution >= 4 is 28.6 Å². The van der Waals surface area contributed by atoms with Gasteiger partial charge in [0.05, 0.1) is 40.2 Å². The zero-order chi connectivity index (χ0) is 24.6. The molecule has 1 N–H and O–H groups in total. The van der Waals surface area contributed by atoms with Gasteiger partial charge in [0.25, 0.3) is 5.69 Å². The smallest absolute Gasteiger partial charge is 0.380 e. The summed E-state index contributed by atoms with van der Waals surface area (Å²) >= 11 is 0. The van der Waals surface area contributed by atoms with Crippen molar-refractivity contribution in [2.24, 2.45) is 7.05 Å². The Kier molecular flexibility index (Phi) is 6.25. The average molecular weight is 483 g/mol. The highest BCUT2D eigenvalue weighted by atomic mass is 19.4. The Labute approximate surface area is 190 Å². The molecule has 0 radical (unpaired) electrons. The number of hydrogen-bond donors (Lipinski definition) is 1. The van der Waals surface area contributed by atoms with E-state index in [1.807, 2.05) is 0 Å². The molecule has 0 aliphatic carbocycles. The number of imidazole rings is 1. The molecule has 0 spiro atoms. The minimum Gasteiger partial charge on any atom is -0.380 e. The molecule has 2 aromatic heterocycles. The first-order valence-electron chi connectivity index (χ1n) is 10.2. The monoisotopic (exact) mass is 483 g/mol. The largest absolute Gasteiger partial charge is 0.419 e. The highest BCUT2D eigenvalue weighted by Gasteiger charge is 2.33. The third-order valence-corrected chi connectivity index (χ3v) is 5.55. The Morgan fingerprint density at radius 1 is 1.26 bits per heavy atom. The third kappa shape index (κ3) is 4.71. The van der Waals surface area contributed by atoms with Gasteiger partial charge in [-0.3, -0.25) is 10.1 Å². The number of anilines is 2. The lowest BCUT2D eigenvalue weighted by molar-refractivity contribution is -0.385. The van der Waals surface area contributed by atoms with Gasteiger partial charge in [-0.2, -0.15) is 13.2 Å². The number of alkyl halides is 4. The van der Waals surface area contributed by atoms with E-state index in [1.165, 1.54) is 13.2 Å². The topological polar surface area (TPSA) is 111 Å². The molecule has 182 valence electrons. The maximum atomic E-state index is 14.6. The molecular formula is C20H21F4N7O3. The van der Waals surface area contributed by atoms with Crippen molar-refractivity contribution in [2.45, 2.75) is 31.4 Å². The second-order valence-electron chi connectivity index (χ2n) is 8.00. The average Bonchev–Trinajstić information content (AvgIpc) is 3.08. The third-order valence-electron chi connectivity index (χ3n) is 5.55. The Bertz CT molecular complexity index is 1200. The van der Waals surface area contributed by atoms with Gasteiger partial charge >= 0.3 is 6.18 Å². The van der Waals surface area contributed by atoms with Gasteiger partial charge in [-0.05, 0) is 6.07 Å². The molecule has 1 aliphatic heterocycles. The van der Waals surface area contributed by atoms with Crippen molar-refractivity contribution < 1.29 is 27.2 Å². The van der Waals surface area contributed by atoms with E-state index in [0.717, 1.165) is 0 Å². The number of nitrogens with zero attached hydrogens (tertiary/aromatic N) is 6. The molecular weight excluding hydrogens is 462 g/mol. The minimum atomic E-state index is -4.55. The quantitative estimate of drug-likeness (QED) is 0.322. The molecule has 1 aromatic carbocycles. The van der Waals surface area contributed by atoms with E-state index >= 15 is 0 Å². The zero-order valence-electron chi connectivity index (χ0n) is 18.2. The first-order valence-corrected chi connectivity index (χ1v) is 10.2. The van der Waals surface area contributed by atoms with Crippen LogP contribution in [0.1, 0.15) is 17.5 Å². The number of nitro benzene ring substituents is 1. The predicted molar refractivity (Wildman–Crippen MR) is 114 cm³/mol. The number of aromatic nitrogens is 4. The van der Waals surface area contributed by atoms with Gasteiger partial charge in [-0.25, -0.2) is 19.3 Å². The maximum Gasteiger partial charge on any atom is 0.419 e. The number of benzene rings is 1. The minimum absolute atomic E-state index is 0.0379. The normalized spacial score (nSPS) is 18.9. The van der Waals surface area contributed by atoms with Crippen molar-refractivity contribution in [1.29, 1.82) is 0 Å². The van der Waals surface area contributed by atoms with Crippen LogP contribution in [0, 0.1) is 10.1 Å². The summed E-state index contributed by atoms with van der Waals surface area (Å²) in [6.45, 7) is 0.355. The molecule has 3 heterocycles. The van der Waals surface area contributed by atoms with Crippen molar-refractivity contribution in [3.8, 4) is 0 Å². The van der Waals surface area contributed by atoms with Crippen molar-refractivity contribution in [3.63, 3.8) is 0 Å². The molecule has 0 bridgehead atoms. The van der Waals surface area contributed by atoms with Crippen LogP contribution in [-0.4, -0.2) is 56.9 Å². The number of nitro groups is 1. The van der Waals surface area contributed by atoms with E-state index in [4.69, 9.17) is 4.74 Å². The lowest BCUT2D eigenvalue weighted by Gasteiger charge is -2.35. The molecule has 0 unspecified atom stereocenters. The lowest BCUT2D eigenvalue weighted by Crippen LogP contribution is -2.48.